The van der Waals surface area contributed by atoms with Crippen LogP contribution < -0.4 is 15.2 Å². The average molecular weight is 360 g/mol. The second kappa shape index (κ2) is 6.66. The van der Waals surface area contributed by atoms with Gasteiger partial charge in [0.15, 0.2) is 17.3 Å². The molecule has 0 spiro atoms. The van der Waals surface area contributed by atoms with E-state index in [1.807, 2.05) is 6.92 Å². The number of aromatic nitrogens is 2. The summed E-state index contributed by atoms with van der Waals surface area (Å²) in [5, 5.41) is 0. The SMILES string of the molecule is CCCOc1ncnc(Oc2cc(Br)cc(F)c2F)c1N. The van der Waals surface area contributed by atoms with E-state index in [4.69, 9.17) is 15.2 Å². The van der Waals surface area contributed by atoms with E-state index in [2.05, 4.69) is 25.9 Å². The van der Waals surface area contributed by atoms with Gasteiger partial charge in [0.25, 0.3) is 0 Å². The minimum atomic E-state index is -1.13. The monoisotopic (exact) mass is 359 g/mol. The third-order valence-electron chi connectivity index (χ3n) is 2.42. The number of anilines is 1. The van der Waals surface area contributed by atoms with Crippen molar-refractivity contribution in [2.75, 3.05) is 12.3 Å². The van der Waals surface area contributed by atoms with Crippen molar-refractivity contribution >= 4 is 21.6 Å². The number of nitrogens with zero attached hydrogens (tertiary/aromatic N) is 2. The highest BCUT2D eigenvalue weighted by Crippen LogP contribution is 2.33. The van der Waals surface area contributed by atoms with Gasteiger partial charge in [-0.3, -0.25) is 0 Å². The summed E-state index contributed by atoms with van der Waals surface area (Å²) in [7, 11) is 0. The second-order valence-corrected chi connectivity index (χ2v) is 4.96. The summed E-state index contributed by atoms with van der Waals surface area (Å²) >= 11 is 3.05. The molecule has 1 heterocycles. The Bertz CT molecular complexity index is 656. The standard InChI is InChI=1S/C13H12BrF2N3O2/c1-2-3-20-12-11(17)13(19-6-18-12)21-9-5-7(14)4-8(15)10(9)16/h4-6H,2-3,17H2,1H3. The highest BCUT2D eigenvalue weighted by atomic mass is 79.9. The van der Waals surface area contributed by atoms with E-state index in [9.17, 15) is 8.78 Å². The highest BCUT2D eigenvalue weighted by molar-refractivity contribution is 9.10. The topological polar surface area (TPSA) is 70.3 Å². The number of halogens is 3. The van der Waals surface area contributed by atoms with E-state index in [0.717, 1.165) is 12.5 Å². The third kappa shape index (κ3) is 3.57. The van der Waals surface area contributed by atoms with E-state index >= 15 is 0 Å². The zero-order chi connectivity index (χ0) is 15.4. The first-order valence-corrected chi connectivity index (χ1v) is 6.88. The number of nitrogen functional groups attached to an aromatic ring is 1. The van der Waals surface area contributed by atoms with Gasteiger partial charge in [-0.15, -0.1) is 0 Å². The van der Waals surface area contributed by atoms with Crippen LogP contribution in [0.1, 0.15) is 13.3 Å². The van der Waals surface area contributed by atoms with E-state index in [1.54, 1.807) is 0 Å². The van der Waals surface area contributed by atoms with Gasteiger partial charge in [0.05, 0.1) is 6.61 Å². The molecule has 0 amide bonds. The Hall–Kier alpha value is -1.96. The summed E-state index contributed by atoms with van der Waals surface area (Å²) in [6.45, 7) is 2.34. The first kappa shape index (κ1) is 15.4. The lowest BCUT2D eigenvalue weighted by molar-refractivity contribution is 0.304. The van der Waals surface area contributed by atoms with Crippen molar-refractivity contribution in [1.29, 1.82) is 0 Å². The molecule has 0 aliphatic carbocycles. The quantitative estimate of drug-likeness (QED) is 0.824. The maximum Gasteiger partial charge on any atom is 0.249 e. The fourth-order valence-electron chi connectivity index (χ4n) is 1.47. The maximum atomic E-state index is 13.7. The largest absolute Gasteiger partial charge is 0.476 e. The molecule has 0 atom stereocenters. The molecule has 5 nitrogen and oxygen atoms in total. The Morgan fingerprint density at radius 3 is 2.67 bits per heavy atom. The van der Waals surface area contributed by atoms with Gasteiger partial charge < -0.3 is 15.2 Å². The van der Waals surface area contributed by atoms with Gasteiger partial charge in [-0.2, -0.15) is 14.4 Å². The van der Waals surface area contributed by atoms with Crippen molar-refractivity contribution in [3.8, 4) is 17.5 Å². The van der Waals surface area contributed by atoms with Crippen molar-refractivity contribution in [2.24, 2.45) is 0 Å². The molecule has 8 heteroatoms. The van der Waals surface area contributed by atoms with Crippen LogP contribution in [-0.2, 0) is 0 Å². The number of hydrogen-bond donors (Lipinski definition) is 1. The Morgan fingerprint density at radius 1 is 1.24 bits per heavy atom. The minimum absolute atomic E-state index is 0.0192. The number of benzene rings is 1. The van der Waals surface area contributed by atoms with Crippen LogP contribution in [0.15, 0.2) is 22.9 Å². The number of rotatable bonds is 5. The fourth-order valence-corrected chi connectivity index (χ4v) is 1.88. The van der Waals surface area contributed by atoms with E-state index in [1.165, 1.54) is 12.4 Å². The molecule has 0 saturated heterocycles. The molecule has 112 valence electrons. The highest BCUT2D eigenvalue weighted by Gasteiger charge is 2.16. The molecule has 0 aliphatic heterocycles. The average Bonchev–Trinajstić information content (AvgIpc) is 2.45. The Kier molecular flexibility index (Phi) is 4.89. The number of nitrogens with two attached hydrogens (primary N) is 1. The molecule has 2 rings (SSSR count). The minimum Gasteiger partial charge on any atom is -0.476 e. The van der Waals surface area contributed by atoms with Crippen LogP contribution in [0.25, 0.3) is 0 Å². The Labute approximate surface area is 128 Å². The normalized spacial score (nSPS) is 10.5. The third-order valence-corrected chi connectivity index (χ3v) is 2.88. The van der Waals surface area contributed by atoms with Gasteiger partial charge in [0, 0.05) is 4.47 Å². The first-order valence-electron chi connectivity index (χ1n) is 6.08. The molecular weight excluding hydrogens is 348 g/mol. The van der Waals surface area contributed by atoms with Gasteiger partial charge in [-0.1, -0.05) is 22.9 Å². The smallest absolute Gasteiger partial charge is 0.249 e. The molecule has 1 aromatic carbocycles. The molecule has 0 radical (unpaired) electrons. The van der Waals surface area contributed by atoms with Crippen LogP contribution in [0.2, 0.25) is 0 Å². The molecule has 2 N–H and O–H groups in total. The molecule has 2 aromatic rings. The Balaban J connectivity index is 2.32. The van der Waals surface area contributed by atoms with E-state index in [-0.39, 0.29) is 23.2 Å². The van der Waals surface area contributed by atoms with Crippen LogP contribution in [0, 0.1) is 11.6 Å². The predicted octanol–water partition coefficient (Wildman–Crippen LogP) is 3.68. The van der Waals surface area contributed by atoms with Crippen LogP contribution in [0.5, 0.6) is 17.5 Å². The molecule has 0 unspecified atom stereocenters. The predicted molar refractivity (Wildman–Crippen MR) is 76.4 cm³/mol. The van der Waals surface area contributed by atoms with Crippen LogP contribution >= 0.6 is 15.9 Å². The fraction of sp³-hybridized carbons (Fsp3) is 0.231. The summed E-state index contributed by atoms with van der Waals surface area (Å²) in [5.41, 5.74) is 5.81. The molecule has 1 aromatic heterocycles. The molecule has 0 fully saturated rings. The number of ether oxygens (including phenoxy) is 2. The van der Waals surface area contributed by atoms with Gasteiger partial charge in [0.2, 0.25) is 17.6 Å². The lowest BCUT2D eigenvalue weighted by Gasteiger charge is -2.11. The van der Waals surface area contributed by atoms with Crippen molar-refractivity contribution in [3.63, 3.8) is 0 Å². The zero-order valence-electron chi connectivity index (χ0n) is 11.1. The summed E-state index contributed by atoms with van der Waals surface area (Å²) in [6, 6.07) is 2.26. The van der Waals surface area contributed by atoms with Crippen molar-refractivity contribution in [1.82, 2.24) is 9.97 Å². The Morgan fingerprint density at radius 2 is 1.95 bits per heavy atom. The van der Waals surface area contributed by atoms with Gasteiger partial charge in [0.1, 0.15) is 6.33 Å². The van der Waals surface area contributed by atoms with Crippen molar-refractivity contribution in [3.05, 3.63) is 34.6 Å². The first-order chi connectivity index (χ1) is 10.0. The van der Waals surface area contributed by atoms with Crippen molar-refractivity contribution in [2.45, 2.75) is 13.3 Å². The lowest BCUT2D eigenvalue weighted by Crippen LogP contribution is -2.04. The molecule has 0 bridgehead atoms. The zero-order valence-corrected chi connectivity index (χ0v) is 12.7. The molecule has 0 aliphatic rings. The van der Waals surface area contributed by atoms with Crippen LogP contribution in [-0.4, -0.2) is 16.6 Å². The summed E-state index contributed by atoms with van der Waals surface area (Å²) in [5.74, 6) is -2.49. The van der Waals surface area contributed by atoms with Gasteiger partial charge in [-0.25, -0.2) is 4.39 Å². The molecule has 21 heavy (non-hydrogen) atoms. The van der Waals surface area contributed by atoms with Crippen LogP contribution in [0.3, 0.4) is 0 Å². The van der Waals surface area contributed by atoms with Crippen molar-refractivity contribution < 1.29 is 18.3 Å². The van der Waals surface area contributed by atoms with E-state index in [0.29, 0.717) is 11.1 Å². The summed E-state index contributed by atoms with van der Waals surface area (Å²) in [6.07, 6.45) is 1.94. The second-order valence-electron chi connectivity index (χ2n) is 4.05. The summed E-state index contributed by atoms with van der Waals surface area (Å²) < 4.78 is 37.8. The molecule has 0 saturated carbocycles. The number of hydrogen-bond acceptors (Lipinski definition) is 5. The maximum absolute atomic E-state index is 13.7. The van der Waals surface area contributed by atoms with Crippen LogP contribution in [0.4, 0.5) is 14.5 Å². The molecular formula is C13H12BrF2N3O2. The van der Waals surface area contributed by atoms with Gasteiger partial charge >= 0.3 is 0 Å². The van der Waals surface area contributed by atoms with E-state index < -0.39 is 11.6 Å². The summed E-state index contributed by atoms with van der Waals surface area (Å²) in [4.78, 5) is 7.66. The van der Waals surface area contributed by atoms with Gasteiger partial charge in [-0.05, 0) is 18.6 Å². The lowest BCUT2D eigenvalue weighted by atomic mass is 10.3.